The fourth-order valence-electron chi connectivity index (χ4n) is 2.84. The number of ether oxygens (including phenoxy) is 1. The third-order valence-electron chi connectivity index (χ3n) is 4.11. The largest absolute Gasteiger partial charge is 0.436 e. The molecule has 25 heavy (non-hydrogen) atoms. The number of nitrogens with two attached hydrogens (primary N) is 1. The number of nitrogens with one attached hydrogen (secondary N) is 2. The van der Waals surface area contributed by atoms with E-state index in [2.05, 4.69) is 10.6 Å². The second kappa shape index (κ2) is 9.03. The van der Waals surface area contributed by atoms with E-state index in [0.29, 0.717) is 19.4 Å². The van der Waals surface area contributed by atoms with Crippen LogP contribution >= 0.6 is 0 Å². The highest BCUT2D eigenvalue weighted by Crippen LogP contribution is 2.16. The van der Waals surface area contributed by atoms with Crippen molar-refractivity contribution < 1.29 is 24.2 Å². The highest BCUT2D eigenvalue weighted by Gasteiger charge is 2.30. The lowest BCUT2D eigenvalue weighted by atomic mass is 9.98. The summed E-state index contributed by atoms with van der Waals surface area (Å²) in [6.45, 7) is 0.279. The molecule has 5 N–H and O–H groups in total. The van der Waals surface area contributed by atoms with E-state index in [1.807, 2.05) is 18.2 Å². The van der Waals surface area contributed by atoms with E-state index < -0.39 is 24.1 Å². The molecule has 8 heteroatoms. The Morgan fingerprint density at radius 1 is 1.36 bits per heavy atom. The van der Waals surface area contributed by atoms with E-state index >= 15 is 0 Å². The summed E-state index contributed by atoms with van der Waals surface area (Å²) in [4.78, 5) is 35.2. The number of primary amides is 1. The van der Waals surface area contributed by atoms with Gasteiger partial charge in [-0.3, -0.25) is 9.59 Å². The Balaban J connectivity index is 1.98. The average Bonchev–Trinajstić information content (AvgIpc) is 2.99. The summed E-state index contributed by atoms with van der Waals surface area (Å²) in [6.07, 6.45) is -1.00. The molecule has 2 rings (SSSR count). The SMILES string of the molecule is NC(=O)O[C@@H](Cc1ccccc1)C(=O)N[C@H](CO)CC1CCNC1=O. The molecule has 1 aliphatic rings. The van der Waals surface area contributed by atoms with Gasteiger partial charge in [0.2, 0.25) is 5.91 Å². The maximum absolute atomic E-state index is 12.5. The summed E-state index contributed by atoms with van der Waals surface area (Å²) < 4.78 is 4.92. The van der Waals surface area contributed by atoms with E-state index in [-0.39, 0.29) is 24.9 Å². The third kappa shape index (κ3) is 5.75. The number of carbonyl (C=O) groups excluding carboxylic acids is 3. The molecule has 3 atom stereocenters. The Labute approximate surface area is 145 Å². The van der Waals surface area contributed by atoms with E-state index in [4.69, 9.17) is 10.5 Å². The first-order valence-corrected chi connectivity index (χ1v) is 8.18. The molecule has 0 bridgehead atoms. The Kier molecular flexibility index (Phi) is 6.76. The number of hydrogen-bond donors (Lipinski definition) is 4. The van der Waals surface area contributed by atoms with Crippen LogP contribution in [-0.2, 0) is 20.7 Å². The summed E-state index contributed by atoms with van der Waals surface area (Å²) >= 11 is 0. The molecule has 0 radical (unpaired) electrons. The van der Waals surface area contributed by atoms with Crippen LogP contribution in [0.25, 0.3) is 0 Å². The molecule has 1 aromatic rings. The van der Waals surface area contributed by atoms with Crippen LogP contribution in [0.2, 0.25) is 0 Å². The summed E-state index contributed by atoms with van der Waals surface area (Å²) in [7, 11) is 0. The average molecular weight is 349 g/mol. The maximum Gasteiger partial charge on any atom is 0.405 e. The zero-order valence-electron chi connectivity index (χ0n) is 13.8. The molecule has 1 aliphatic heterocycles. The van der Waals surface area contributed by atoms with Crippen molar-refractivity contribution in [2.75, 3.05) is 13.2 Å². The normalized spacial score (nSPS) is 18.9. The highest BCUT2D eigenvalue weighted by molar-refractivity contribution is 5.84. The van der Waals surface area contributed by atoms with Crippen molar-refractivity contribution in [1.82, 2.24) is 10.6 Å². The molecular formula is C17H23N3O5. The van der Waals surface area contributed by atoms with Crippen LogP contribution in [0, 0.1) is 5.92 Å². The number of hydrogen-bond acceptors (Lipinski definition) is 5. The minimum atomic E-state index is -1.11. The molecule has 1 aromatic carbocycles. The van der Waals surface area contributed by atoms with Crippen LogP contribution in [0.1, 0.15) is 18.4 Å². The molecular weight excluding hydrogens is 326 g/mol. The predicted octanol–water partition coefficient (Wildman–Crippen LogP) is -0.304. The standard InChI is InChI=1S/C17H23N3O5/c18-17(24)25-14(8-11-4-2-1-3-5-11)16(23)20-13(10-21)9-12-6-7-19-15(12)22/h1-5,12-14,21H,6-10H2,(H2,18,24)(H,19,22)(H,20,23)/t12?,13-,14-/m0/s1. The fourth-order valence-corrected chi connectivity index (χ4v) is 2.84. The summed E-state index contributed by atoms with van der Waals surface area (Å²) in [6, 6.07) is 8.46. The molecule has 1 fully saturated rings. The van der Waals surface area contributed by atoms with Crippen molar-refractivity contribution in [3.05, 3.63) is 35.9 Å². The summed E-state index contributed by atoms with van der Waals surface area (Å²) in [5.41, 5.74) is 5.86. The lowest BCUT2D eigenvalue weighted by molar-refractivity contribution is -0.131. The molecule has 0 spiro atoms. The molecule has 1 saturated heterocycles. The van der Waals surface area contributed by atoms with Crippen LogP contribution in [-0.4, -0.2) is 48.3 Å². The zero-order chi connectivity index (χ0) is 18.2. The fraction of sp³-hybridized carbons (Fsp3) is 0.471. The predicted molar refractivity (Wildman–Crippen MR) is 89.4 cm³/mol. The molecule has 1 unspecified atom stereocenters. The first-order valence-electron chi connectivity index (χ1n) is 8.18. The number of benzene rings is 1. The number of aliphatic hydroxyl groups excluding tert-OH is 1. The molecule has 0 aromatic heterocycles. The zero-order valence-corrected chi connectivity index (χ0v) is 13.8. The molecule has 0 aliphatic carbocycles. The molecule has 136 valence electrons. The van der Waals surface area contributed by atoms with Crippen molar-refractivity contribution in [3.8, 4) is 0 Å². The van der Waals surface area contributed by atoms with E-state index in [0.717, 1.165) is 5.56 Å². The van der Waals surface area contributed by atoms with E-state index in [9.17, 15) is 19.5 Å². The smallest absolute Gasteiger partial charge is 0.405 e. The van der Waals surface area contributed by atoms with Crippen LogP contribution < -0.4 is 16.4 Å². The van der Waals surface area contributed by atoms with Gasteiger partial charge in [0, 0.05) is 18.9 Å². The van der Waals surface area contributed by atoms with Gasteiger partial charge in [0.15, 0.2) is 6.10 Å². The molecule has 3 amide bonds. The van der Waals surface area contributed by atoms with Crippen LogP contribution in [0.15, 0.2) is 30.3 Å². The molecule has 8 nitrogen and oxygen atoms in total. The second-order valence-electron chi connectivity index (χ2n) is 6.02. The molecule has 1 heterocycles. The van der Waals surface area contributed by atoms with Crippen molar-refractivity contribution >= 4 is 17.9 Å². The minimum Gasteiger partial charge on any atom is -0.436 e. The van der Waals surface area contributed by atoms with Crippen molar-refractivity contribution in [2.45, 2.75) is 31.4 Å². The quantitative estimate of drug-likeness (QED) is 0.512. The number of carbonyl (C=O) groups is 3. The second-order valence-corrected chi connectivity index (χ2v) is 6.02. The lowest BCUT2D eigenvalue weighted by Gasteiger charge is -2.22. The van der Waals surface area contributed by atoms with Crippen LogP contribution in [0.3, 0.4) is 0 Å². The monoisotopic (exact) mass is 349 g/mol. The van der Waals surface area contributed by atoms with Gasteiger partial charge in [-0.1, -0.05) is 30.3 Å². The lowest BCUT2D eigenvalue weighted by Crippen LogP contribution is -2.47. The minimum absolute atomic E-state index is 0.0816. The van der Waals surface area contributed by atoms with Gasteiger partial charge in [-0.05, 0) is 18.4 Å². The van der Waals surface area contributed by atoms with E-state index in [1.165, 1.54) is 0 Å². The number of amides is 3. The van der Waals surface area contributed by atoms with Crippen molar-refractivity contribution in [2.24, 2.45) is 11.7 Å². The number of rotatable bonds is 8. The Morgan fingerprint density at radius 3 is 2.64 bits per heavy atom. The Bertz CT molecular complexity index is 608. The molecule has 0 saturated carbocycles. The van der Waals surface area contributed by atoms with Crippen molar-refractivity contribution in [1.29, 1.82) is 0 Å². The topological polar surface area (TPSA) is 131 Å². The van der Waals surface area contributed by atoms with Gasteiger partial charge in [-0.2, -0.15) is 0 Å². The van der Waals surface area contributed by atoms with Gasteiger partial charge in [-0.15, -0.1) is 0 Å². The van der Waals surface area contributed by atoms with Crippen LogP contribution in [0.5, 0.6) is 0 Å². The summed E-state index contributed by atoms with van der Waals surface area (Å²) in [5, 5.41) is 14.8. The third-order valence-corrected chi connectivity index (χ3v) is 4.11. The first kappa shape index (κ1) is 18.7. The van der Waals surface area contributed by atoms with Gasteiger partial charge in [0.25, 0.3) is 5.91 Å². The van der Waals surface area contributed by atoms with Gasteiger partial charge in [0.1, 0.15) is 0 Å². The highest BCUT2D eigenvalue weighted by atomic mass is 16.6. The van der Waals surface area contributed by atoms with Gasteiger partial charge in [-0.25, -0.2) is 4.79 Å². The Hall–Kier alpha value is -2.61. The van der Waals surface area contributed by atoms with Gasteiger partial charge in [0.05, 0.1) is 12.6 Å². The summed E-state index contributed by atoms with van der Waals surface area (Å²) in [5.74, 6) is -0.885. The number of aliphatic hydroxyl groups is 1. The Morgan fingerprint density at radius 2 is 2.08 bits per heavy atom. The van der Waals surface area contributed by atoms with Crippen molar-refractivity contribution in [3.63, 3.8) is 0 Å². The van der Waals surface area contributed by atoms with Crippen LogP contribution in [0.4, 0.5) is 4.79 Å². The van der Waals surface area contributed by atoms with Gasteiger partial charge < -0.3 is 26.2 Å². The maximum atomic E-state index is 12.5. The first-order chi connectivity index (χ1) is 12.0. The van der Waals surface area contributed by atoms with Gasteiger partial charge >= 0.3 is 6.09 Å². The van der Waals surface area contributed by atoms with E-state index in [1.54, 1.807) is 12.1 Å².